The highest BCUT2D eigenvalue weighted by atomic mass is 16.6. The summed E-state index contributed by atoms with van der Waals surface area (Å²) in [6.07, 6.45) is 6.95. The Hall–Kier alpha value is -2.37. The molecule has 2 spiro atoms. The Morgan fingerprint density at radius 1 is 1.19 bits per heavy atom. The van der Waals surface area contributed by atoms with Crippen LogP contribution >= 0.6 is 0 Å². The van der Waals surface area contributed by atoms with E-state index in [2.05, 4.69) is 0 Å². The lowest BCUT2D eigenvalue weighted by molar-refractivity contribution is -0.158. The first kappa shape index (κ1) is 15.9. The van der Waals surface area contributed by atoms with Gasteiger partial charge in [-0.15, -0.1) is 0 Å². The van der Waals surface area contributed by atoms with Gasteiger partial charge < -0.3 is 13.9 Å². The second-order valence-corrected chi connectivity index (χ2v) is 8.00. The standard InChI is InChI=1S/C20H20O6/c1-11-7-16(21)20-10-25-17(22)13(20)3-2-4-15(20)19(11)8-14(26-18(19)23)12-5-6-24-9-12/h5-7,9,13-15H,2-4,8,10H2,1H3/t13?,14-,15+,19?,20?/m0/s1. The number of rotatable bonds is 1. The van der Waals surface area contributed by atoms with Crippen LogP contribution in [0.3, 0.4) is 0 Å². The Labute approximate surface area is 150 Å². The third kappa shape index (κ3) is 1.70. The highest BCUT2D eigenvalue weighted by molar-refractivity contribution is 6.04. The van der Waals surface area contributed by atoms with Gasteiger partial charge in [0, 0.05) is 12.0 Å². The molecule has 0 aromatic carbocycles. The third-order valence-corrected chi connectivity index (χ3v) is 7.11. The number of fused-ring (bicyclic) bond motifs is 1. The van der Waals surface area contributed by atoms with Crippen LogP contribution in [0.1, 0.15) is 44.3 Å². The average molecular weight is 356 g/mol. The van der Waals surface area contributed by atoms with Gasteiger partial charge in [-0.3, -0.25) is 14.4 Å². The molecule has 1 aromatic rings. The Morgan fingerprint density at radius 2 is 2.04 bits per heavy atom. The molecule has 1 aromatic heterocycles. The summed E-state index contributed by atoms with van der Waals surface area (Å²) in [5.74, 6) is -1.38. The van der Waals surface area contributed by atoms with Gasteiger partial charge in [-0.2, -0.15) is 0 Å². The van der Waals surface area contributed by atoms with Crippen molar-refractivity contribution in [1.82, 2.24) is 0 Å². The average Bonchev–Trinajstić information content (AvgIpc) is 3.33. The number of ether oxygens (including phenoxy) is 2. The van der Waals surface area contributed by atoms with Crippen LogP contribution in [0.4, 0.5) is 0 Å². The van der Waals surface area contributed by atoms with E-state index in [0.29, 0.717) is 12.8 Å². The first-order valence-electron chi connectivity index (χ1n) is 9.13. The minimum atomic E-state index is -0.918. The van der Waals surface area contributed by atoms with Crippen molar-refractivity contribution >= 4 is 17.7 Å². The van der Waals surface area contributed by atoms with Crippen molar-refractivity contribution in [2.45, 2.75) is 38.7 Å². The molecule has 136 valence electrons. The number of carbonyl (C=O) groups is 3. The van der Waals surface area contributed by atoms with Crippen LogP contribution in [0, 0.1) is 22.7 Å². The molecule has 5 rings (SSSR count). The molecule has 0 radical (unpaired) electrons. The summed E-state index contributed by atoms with van der Waals surface area (Å²) < 4.78 is 16.2. The van der Waals surface area contributed by atoms with E-state index < -0.39 is 22.9 Å². The molecule has 1 saturated carbocycles. The van der Waals surface area contributed by atoms with E-state index in [4.69, 9.17) is 13.9 Å². The van der Waals surface area contributed by atoms with Crippen molar-refractivity contribution in [1.29, 1.82) is 0 Å². The van der Waals surface area contributed by atoms with E-state index in [-0.39, 0.29) is 30.2 Å². The van der Waals surface area contributed by atoms with Gasteiger partial charge in [0.1, 0.15) is 12.7 Å². The monoisotopic (exact) mass is 356 g/mol. The van der Waals surface area contributed by atoms with Gasteiger partial charge in [0.05, 0.1) is 29.3 Å². The van der Waals surface area contributed by atoms with E-state index in [1.807, 2.05) is 6.92 Å². The molecule has 2 aliphatic heterocycles. The summed E-state index contributed by atoms with van der Waals surface area (Å²) in [5, 5.41) is 0. The van der Waals surface area contributed by atoms with Crippen LogP contribution in [0.5, 0.6) is 0 Å². The molecule has 0 amide bonds. The number of hydrogen-bond donors (Lipinski definition) is 0. The fraction of sp³-hybridized carbons (Fsp3) is 0.550. The van der Waals surface area contributed by atoms with E-state index in [1.165, 1.54) is 0 Å². The van der Waals surface area contributed by atoms with Gasteiger partial charge in [0.15, 0.2) is 5.78 Å². The van der Waals surface area contributed by atoms with E-state index in [0.717, 1.165) is 24.0 Å². The van der Waals surface area contributed by atoms with Crippen molar-refractivity contribution in [3.63, 3.8) is 0 Å². The topological polar surface area (TPSA) is 82.8 Å². The third-order valence-electron chi connectivity index (χ3n) is 7.11. The quantitative estimate of drug-likeness (QED) is 0.720. The minimum absolute atomic E-state index is 0.0688. The number of esters is 2. The van der Waals surface area contributed by atoms with Crippen LogP contribution < -0.4 is 0 Å². The SMILES string of the molecule is CC1=CC(=O)C23COC(=O)C2CCC[C@@H]3C12C[C@@H](c1ccoc1)OC2=O. The van der Waals surface area contributed by atoms with Gasteiger partial charge in [-0.05, 0) is 37.8 Å². The normalized spacial score (nSPS) is 41.5. The number of ketones is 1. The van der Waals surface area contributed by atoms with Crippen molar-refractivity contribution < 1.29 is 28.3 Å². The molecule has 6 nitrogen and oxygen atoms in total. The number of carbonyl (C=O) groups excluding carboxylic acids is 3. The molecule has 4 aliphatic rings. The molecule has 0 bridgehead atoms. The van der Waals surface area contributed by atoms with Crippen molar-refractivity contribution in [3.8, 4) is 0 Å². The first-order chi connectivity index (χ1) is 12.5. The van der Waals surface area contributed by atoms with Crippen LogP contribution in [0.15, 0.2) is 34.7 Å². The van der Waals surface area contributed by atoms with E-state index >= 15 is 0 Å². The smallest absolute Gasteiger partial charge is 0.317 e. The zero-order chi connectivity index (χ0) is 18.1. The molecule has 6 heteroatoms. The van der Waals surface area contributed by atoms with Gasteiger partial charge in [-0.1, -0.05) is 12.0 Å². The highest BCUT2D eigenvalue weighted by Gasteiger charge is 2.71. The van der Waals surface area contributed by atoms with E-state index in [1.54, 1.807) is 24.7 Å². The van der Waals surface area contributed by atoms with Crippen LogP contribution in [0.25, 0.3) is 0 Å². The van der Waals surface area contributed by atoms with Gasteiger partial charge >= 0.3 is 11.9 Å². The Balaban J connectivity index is 1.65. The maximum Gasteiger partial charge on any atom is 0.317 e. The predicted octanol–water partition coefficient (Wildman–Crippen LogP) is 2.74. The molecule has 3 fully saturated rings. The fourth-order valence-electron chi connectivity index (χ4n) is 5.84. The highest BCUT2D eigenvalue weighted by Crippen LogP contribution is 2.65. The van der Waals surface area contributed by atoms with Crippen LogP contribution in [-0.2, 0) is 23.9 Å². The van der Waals surface area contributed by atoms with Gasteiger partial charge in [0.2, 0.25) is 0 Å². The maximum absolute atomic E-state index is 13.2. The second kappa shape index (κ2) is 5.09. The number of allylic oxidation sites excluding steroid dienone is 1. The van der Waals surface area contributed by atoms with Gasteiger partial charge in [0.25, 0.3) is 0 Å². The van der Waals surface area contributed by atoms with Crippen LogP contribution in [-0.4, -0.2) is 24.3 Å². The second-order valence-electron chi connectivity index (χ2n) is 8.00. The summed E-state index contributed by atoms with van der Waals surface area (Å²) >= 11 is 0. The molecule has 0 N–H and O–H groups in total. The Morgan fingerprint density at radius 3 is 2.81 bits per heavy atom. The lowest BCUT2D eigenvalue weighted by Gasteiger charge is -2.51. The lowest BCUT2D eigenvalue weighted by Crippen LogP contribution is -2.58. The van der Waals surface area contributed by atoms with Crippen molar-refractivity contribution in [2.75, 3.05) is 6.61 Å². The van der Waals surface area contributed by atoms with Crippen molar-refractivity contribution in [3.05, 3.63) is 35.8 Å². The molecule has 26 heavy (non-hydrogen) atoms. The summed E-state index contributed by atoms with van der Waals surface area (Å²) in [7, 11) is 0. The van der Waals surface area contributed by atoms with Crippen molar-refractivity contribution in [2.24, 2.45) is 22.7 Å². The maximum atomic E-state index is 13.2. The largest absolute Gasteiger partial charge is 0.472 e. The Bertz CT molecular complexity index is 836. The molecule has 2 saturated heterocycles. The molecule has 5 atom stereocenters. The Kier molecular flexibility index (Phi) is 3.10. The van der Waals surface area contributed by atoms with E-state index in [9.17, 15) is 14.4 Å². The van der Waals surface area contributed by atoms with Gasteiger partial charge in [-0.25, -0.2) is 0 Å². The minimum Gasteiger partial charge on any atom is -0.472 e. The molecule has 2 aliphatic carbocycles. The summed E-state index contributed by atoms with van der Waals surface area (Å²) in [4.78, 5) is 38.5. The molecular formula is C20H20O6. The summed E-state index contributed by atoms with van der Waals surface area (Å²) in [5.41, 5.74) is -0.226. The number of hydrogen-bond acceptors (Lipinski definition) is 6. The fourth-order valence-corrected chi connectivity index (χ4v) is 5.84. The lowest BCUT2D eigenvalue weighted by atomic mass is 9.47. The zero-order valence-corrected chi connectivity index (χ0v) is 14.5. The predicted molar refractivity (Wildman–Crippen MR) is 87.6 cm³/mol. The summed E-state index contributed by atoms with van der Waals surface area (Å²) in [6.45, 7) is 1.92. The molecule has 3 heterocycles. The summed E-state index contributed by atoms with van der Waals surface area (Å²) in [6, 6.07) is 1.80. The first-order valence-corrected chi connectivity index (χ1v) is 9.13. The zero-order valence-electron chi connectivity index (χ0n) is 14.5. The molecular weight excluding hydrogens is 336 g/mol. The number of cyclic esters (lactones) is 2. The number of furan rings is 1. The van der Waals surface area contributed by atoms with Crippen LogP contribution in [0.2, 0.25) is 0 Å². The molecule has 3 unspecified atom stereocenters.